The minimum absolute atomic E-state index is 0.125. The van der Waals surface area contributed by atoms with Gasteiger partial charge in [-0.1, -0.05) is 11.6 Å². The van der Waals surface area contributed by atoms with E-state index in [1.165, 1.54) is 42.0 Å². The molecule has 0 bridgehead atoms. The lowest BCUT2D eigenvalue weighted by Crippen LogP contribution is -2.55. The summed E-state index contributed by atoms with van der Waals surface area (Å²) in [7, 11) is -2.68. The van der Waals surface area contributed by atoms with Gasteiger partial charge in [0.1, 0.15) is 10.6 Å². The Labute approximate surface area is 169 Å². The second-order valence-electron chi connectivity index (χ2n) is 6.15. The number of amides is 2. The first kappa shape index (κ1) is 22.3. The number of carbonyl (C=O) groups excluding carboxylic acids is 2. The van der Waals surface area contributed by atoms with Crippen molar-refractivity contribution in [3.63, 3.8) is 0 Å². The number of carbonyl (C=O) groups is 2. The van der Waals surface area contributed by atoms with Crippen LogP contribution in [-0.2, 0) is 19.6 Å². The smallest absolute Gasteiger partial charge is 0.409 e. The first-order valence-electron chi connectivity index (χ1n) is 8.76. The van der Waals surface area contributed by atoms with Crippen LogP contribution >= 0.6 is 11.6 Å². The fourth-order valence-corrected chi connectivity index (χ4v) is 4.43. The summed E-state index contributed by atoms with van der Waals surface area (Å²) in [6.45, 7) is 4.71. The van der Waals surface area contributed by atoms with Gasteiger partial charge in [0.25, 0.3) is 0 Å². The normalized spacial score (nSPS) is 15.9. The van der Waals surface area contributed by atoms with Gasteiger partial charge in [-0.05, 0) is 32.0 Å². The van der Waals surface area contributed by atoms with Crippen LogP contribution in [0.2, 0.25) is 5.02 Å². The fourth-order valence-electron chi connectivity index (χ4n) is 2.81. The Morgan fingerprint density at radius 3 is 2.39 bits per heavy atom. The second kappa shape index (κ2) is 9.44. The Hall–Kier alpha value is -2.04. The zero-order valence-electron chi connectivity index (χ0n) is 16.0. The van der Waals surface area contributed by atoms with Gasteiger partial charge in [0, 0.05) is 31.2 Å². The van der Waals surface area contributed by atoms with Crippen LogP contribution in [0.3, 0.4) is 0 Å². The highest BCUT2D eigenvalue weighted by Gasteiger charge is 2.31. The number of piperazine rings is 1. The molecule has 2 rings (SSSR count). The Morgan fingerprint density at radius 2 is 1.82 bits per heavy atom. The summed E-state index contributed by atoms with van der Waals surface area (Å²) in [5.41, 5.74) is 0. The molecule has 1 saturated heterocycles. The van der Waals surface area contributed by atoms with Crippen LogP contribution in [0, 0.1) is 0 Å². The summed E-state index contributed by atoms with van der Waals surface area (Å²) in [5.74, 6) is -0.257. The van der Waals surface area contributed by atoms with Crippen molar-refractivity contribution in [2.45, 2.75) is 24.8 Å². The van der Waals surface area contributed by atoms with Gasteiger partial charge in [-0.2, -0.15) is 4.72 Å². The highest BCUT2D eigenvalue weighted by Crippen LogP contribution is 2.27. The predicted molar refractivity (Wildman–Crippen MR) is 103 cm³/mol. The fraction of sp³-hybridized carbons (Fsp3) is 0.529. The summed E-state index contributed by atoms with van der Waals surface area (Å²) >= 11 is 5.90. The molecule has 1 aromatic carbocycles. The molecule has 1 atom stereocenters. The molecule has 0 saturated carbocycles. The molecule has 2 amide bonds. The molecule has 1 aromatic rings. The summed E-state index contributed by atoms with van der Waals surface area (Å²) in [5, 5.41) is 0.232. The van der Waals surface area contributed by atoms with Gasteiger partial charge < -0.3 is 19.3 Å². The van der Waals surface area contributed by atoms with E-state index < -0.39 is 22.2 Å². The Balaban J connectivity index is 2.03. The van der Waals surface area contributed by atoms with Crippen LogP contribution in [0.4, 0.5) is 4.79 Å². The van der Waals surface area contributed by atoms with Crippen molar-refractivity contribution in [3.05, 3.63) is 23.2 Å². The van der Waals surface area contributed by atoms with Crippen molar-refractivity contribution < 1.29 is 27.5 Å². The number of hydrogen-bond acceptors (Lipinski definition) is 6. The summed E-state index contributed by atoms with van der Waals surface area (Å²) in [4.78, 5) is 27.2. The van der Waals surface area contributed by atoms with Crippen LogP contribution in [0.5, 0.6) is 5.75 Å². The zero-order chi connectivity index (χ0) is 20.9. The van der Waals surface area contributed by atoms with E-state index in [-0.39, 0.29) is 28.2 Å². The standard InChI is InChI=1S/C17H24ClN3O6S/c1-4-27-17(23)21-9-7-20(8-10-21)16(22)12(2)19-28(24,25)15-11-13(18)5-6-14(15)26-3/h5-6,11-12,19H,4,7-10H2,1-3H3/t12-/m1/s1. The molecule has 0 unspecified atom stereocenters. The number of nitrogens with one attached hydrogen (secondary N) is 1. The monoisotopic (exact) mass is 433 g/mol. The van der Waals surface area contributed by atoms with Gasteiger partial charge in [-0.3, -0.25) is 4.79 Å². The van der Waals surface area contributed by atoms with E-state index in [4.69, 9.17) is 21.1 Å². The van der Waals surface area contributed by atoms with Gasteiger partial charge in [0.15, 0.2) is 0 Å². The van der Waals surface area contributed by atoms with E-state index in [9.17, 15) is 18.0 Å². The lowest BCUT2D eigenvalue weighted by Gasteiger charge is -2.35. The minimum atomic E-state index is -4.03. The minimum Gasteiger partial charge on any atom is -0.495 e. The van der Waals surface area contributed by atoms with Crippen molar-refractivity contribution in [3.8, 4) is 5.75 Å². The SMILES string of the molecule is CCOC(=O)N1CCN(C(=O)[C@@H](C)NS(=O)(=O)c2cc(Cl)ccc2OC)CC1. The maximum absolute atomic E-state index is 12.7. The zero-order valence-corrected chi connectivity index (χ0v) is 17.5. The van der Waals surface area contributed by atoms with Gasteiger partial charge in [-0.15, -0.1) is 0 Å². The molecule has 1 N–H and O–H groups in total. The van der Waals surface area contributed by atoms with Gasteiger partial charge >= 0.3 is 6.09 Å². The Morgan fingerprint density at radius 1 is 1.21 bits per heavy atom. The predicted octanol–water partition coefficient (Wildman–Crippen LogP) is 1.32. The average molecular weight is 434 g/mol. The van der Waals surface area contributed by atoms with Crippen molar-refractivity contribution in [2.24, 2.45) is 0 Å². The average Bonchev–Trinajstić information content (AvgIpc) is 2.67. The van der Waals surface area contributed by atoms with Crippen LogP contribution in [-0.4, -0.2) is 76.2 Å². The van der Waals surface area contributed by atoms with Crippen LogP contribution in [0.15, 0.2) is 23.1 Å². The first-order valence-corrected chi connectivity index (χ1v) is 10.6. The van der Waals surface area contributed by atoms with Crippen molar-refractivity contribution in [2.75, 3.05) is 39.9 Å². The third kappa shape index (κ3) is 5.27. The van der Waals surface area contributed by atoms with Gasteiger partial charge in [0.2, 0.25) is 15.9 Å². The topological polar surface area (TPSA) is 105 Å². The molecular weight excluding hydrogens is 410 g/mol. The molecule has 1 heterocycles. The number of nitrogens with zero attached hydrogens (tertiary/aromatic N) is 2. The molecule has 1 aliphatic rings. The molecule has 11 heteroatoms. The molecule has 9 nitrogen and oxygen atoms in total. The molecule has 0 aliphatic carbocycles. The molecular formula is C17H24ClN3O6S. The first-order chi connectivity index (χ1) is 13.2. The van der Waals surface area contributed by atoms with E-state index in [0.29, 0.717) is 26.2 Å². The maximum Gasteiger partial charge on any atom is 0.409 e. The van der Waals surface area contributed by atoms with E-state index in [0.717, 1.165) is 0 Å². The number of ether oxygens (including phenoxy) is 2. The third-order valence-electron chi connectivity index (χ3n) is 4.23. The summed E-state index contributed by atoms with van der Waals surface area (Å²) in [6, 6.07) is 3.22. The number of methoxy groups -OCH3 is 1. The highest BCUT2D eigenvalue weighted by molar-refractivity contribution is 7.89. The number of hydrogen-bond donors (Lipinski definition) is 1. The number of benzene rings is 1. The van der Waals surface area contributed by atoms with Crippen LogP contribution in [0.1, 0.15) is 13.8 Å². The third-order valence-corrected chi connectivity index (χ3v) is 6.03. The molecule has 0 spiro atoms. The molecule has 156 valence electrons. The quantitative estimate of drug-likeness (QED) is 0.725. The van der Waals surface area contributed by atoms with Crippen molar-refractivity contribution >= 4 is 33.6 Å². The summed E-state index contributed by atoms with van der Waals surface area (Å²) in [6.07, 6.45) is -0.420. The largest absolute Gasteiger partial charge is 0.495 e. The lowest BCUT2D eigenvalue weighted by atomic mass is 10.2. The maximum atomic E-state index is 12.7. The van der Waals surface area contributed by atoms with Crippen LogP contribution in [0.25, 0.3) is 0 Å². The van der Waals surface area contributed by atoms with E-state index in [1.54, 1.807) is 6.92 Å². The highest BCUT2D eigenvalue weighted by atomic mass is 35.5. The van der Waals surface area contributed by atoms with Gasteiger partial charge in [-0.25, -0.2) is 13.2 Å². The number of rotatable bonds is 6. The van der Waals surface area contributed by atoms with Crippen LogP contribution < -0.4 is 9.46 Å². The molecule has 28 heavy (non-hydrogen) atoms. The molecule has 0 aromatic heterocycles. The van der Waals surface area contributed by atoms with Crippen molar-refractivity contribution in [1.29, 1.82) is 0 Å². The van der Waals surface area contributed by atoms with Crippen molar-refractivity contribution in [1.82, 2.24) is 14.5 Å². The number of sulfonamides is 1. The van der Waals surface area contributed by atoms with E-state index in [1.807, 2.05) is 0 Å². The van der Waals surface area contributed by atoms with E-state index in [2.05, 4.69) is 4.72 Å². The number of halogens is 1. The second-order valence-corrected chi connectivity index (χ2v) is 8.27. The van der Waals surface area contributed by atoms with E-state index >= 15 is 0 Å². The molecule has 0 radical (unpaired) electrons. The Bertz CT molecular complexity index is 824. The lowest BCUT2D eigenvalue weighted by molar-refractivity contribution is -0.134. The Kier molecular flexibility index (Phi) is 7.50. The van der Waals surface area contributed by atoms with Gasteiger partial charge in [0.05, 0.1) is 19.8 Å². The molecule has 1 fully saturated rings. The summed E-state index contributed by atoms with van der Waals surface area (Å²) < 4.78 is 37.7. The molecule has 1 aliphatic heterocycles.